The normalized spacial score (nSPS) is 24.6. The van der Waals surface area contributed by atoms with Crippen molar-refractivity contribution in [2.45, 2.75) is 38.6 Å². The Morgan fingerprint density at radius 1 is 1.52 bits per heavy atom. The number of nitrogens with zero attached hydrogens (tertiary/aromatic N) is 2. The molecule has 0 saturated carbocycles. The number of anilines is 1. The lowest BCUT2D eigenvalue weighted by molar-refractivity contribution is -0.159. The molecule has 1 aromatic heterocycles. The summed E-state index contributed by atoms with van der Waals surface area (Å²) in [5, 5.41) is 22.2. The molecule has 2 heterocycles. The monoisotopic (exact) mass is 486 g/mol. The molecule has 1 saturated heterocycles. The first-order valence-electron chi connectivity index (χ1n) is 9.57. The number of hydrogen-bond donors (Lipinski definition) is 3. The van der Waals surface area contributed by atoms with Gasteiger partial charge in [-0.25, -0.2) is 0 Å². The Balaban J connectivity index is 2.07. The van der Waals surface area contributed by atoms with E-state index in [4.69, 9.17) is 44.7 Å². The van der Waals surface area contributed by atoms with Gasteiger partial charge in [-0.2, -0.15) is 0 Å². The number of aryl methyl sites for hydroxylation is 1. The average molecular weight is 487 g/mol. The number of aliphatic hydroxyl groups is 1. The molecule has 3 N–H and O–H groups in total. The van der Waals surface area contributed by atoms with Crippen molar-refractivity contribution in [2.24, 2.45) is 5.92 Å². The van der Waals surface area contributed by atoms with Crippen molar-refractivity contribution >= 4 is 52.3 Å². The molecular formula is C20H24Cl2N4O4S. The largest absolute Gasteiger partial charge is 0.383 e. The molecule has 11 heteroatoms. The summed E-state index contributed by atoms with van der Waals surface area (Å²) >= 11 is 18.2. The minimum absolute atomic E-state index is 0.235. The van der Waals surface area contributed by atoms with Crippen molar-refractivity contribution in [3.8, 4) is 0 Å². The van der Waals surface area contributed by atoms with Crippen LogP contribution in [0.2, 0.25) is 10.0 Å². The third kappa shape index (κ3) is 4.65. The van der Waals surface area contributed by atoms with Crippen LogP contribution in [0.25, 0.3) is 0 Å². The number of carbonyl (C=O) groups is 1. The van der Waals surface area contributed by atoms with Gasteiger partial charge in [0.15, 0.2) is 16.7 Å². The maximum absolute atomic E-state index is 13.4. The van der Waals surface area contributed by atoms with E-state index in [1.807, 2.05) is 6.92 Å². The van der Waals surface area contributed by atoms with Crippen LogP contribution in [0.5, 0.6) is 0 Å². The zero-order valence-corrected chi connectivity index (χ0v) is 19.8. The number of benzene rings is 1. The van der Waals surface area contributed by atoms with E-state index in [1.165, 1.54) is 6.92 Å². The van der Waals surface area contributed by atoms with Crippen LogP contribution in [-0.2, 0) is 9.53 Å². The van der Waals surface area contributed by atoms with E-state index in [-0.39, 0.29) is 28.6 Å². The molecular weight excluding hydrogens is 463 g/mol. The maximum atomic E-state index is 13.4. The zero-order valence-electron chi connectivity index (χ0n) is 17.5. The lowest BCUT2D eigenvalue weighted by Crippen LogP contribution is -2.70. The van der Waals surface area contributed by atoms with Gasteiger partial charge in [-0.3, -0.25) is 4.79 Å². The summed E-state index contributed by atoms with van der Waals surface area (Å²) in [6, 6.07) is 5.61. The average Bonchev–Trinajstić information content (AvgIpc) is 3.07. The predicted octanol–water partition coefficient (Wildman–Crippen LogP) is 3.52. The number of hydrogen-bond acceptors (Lipinski definition) is 6. The highest BCUT2D eigenvalue weighted by molar-refractivity contribution is 7.80. The summed E-state index contributed by atoms with van der Waals surface area (Å²) in [7, 11) is 1.55. The van der Waals surface area contributed by atoms with Crippen molar-refractivity contribution in [1.82, 2.24) is 15.4 Å². The van der Waals surface area contributed by atoms with Gasteiger partial charge >= 0.3 is 0 Å². The molecule has 1 aromatic carbocycles. The SMILES string of the molecule is COC[C@H](C)N1C(=S)N[C@H](c2cccc(Cl)c2Cl)[C@@H](C(=O)Nc2cc(C)on2)[C@]1(C)O. The second kappa shape index (κ2) is 9.30. The second-order valence-corrected chi connectivity index (χ2v) is 8.80. The summed E-state index contributed by atoms with van der Waals surface area (Å²) in [5.41, 5.74) is -1.16. The fraction of sp³-hybridized carbons (Fsp3) is 0.450. The highest BCUT2D eigenvalue weighted by Gasteiger charge is 2.54. The van der Waals surface area contributed by atoms with Crippen LogP contribution in [0.15, 0.2) is 28.8 Å². The summed E-state index contributed by atoms with van der Waals surface area (Å²) in [6.45, 7) is 5.38. The van der Waals surface area contributed by atoms with Gasteiger partial charge in [-0.05, 0) is 44.6 Å². The molecule has 1 aliphatic heterocycles. The predicted molar refractivity (Wildman–Crippen MR) is 122 cm³/mol. The van der Waals surface area contributed by atoms with Crippen molar-refractivity contribution in [3.05, 3.63) is 45.6 Å². The minimum Gasteiger partial charge on any atom is -0.383 e. The molecule has 0 bridgehead atoms. The molecule has 2 aromatic rings. The van der Waals surface area contributed by atoms with Crippen molar-refractivity contribution in [3.63, 3.8) is 0 Å². The number of ether oxygens (including phenoxy) is 1. The Kier molecular flexibility index (Phi) is 7.12. The summed E-state index contributed by atoms with van der Waals surface area (Å²) in [6.07, 6.45) is 0. The first kappa shape index (κ1) is 23.7. The topological polar surface area (TPSA) is 99.9 Å². The molecule has 3 rings (SSSR count). The van der Waals surface area contributed by atoms with Crippen LogP contribution in [0.1, 0.15) is 31.2 Å². The van der Waals surface area contributed by atoms with Crippen LogP contribution in [0, 0.1) is 12.8 Å². The van der Waals surface area contributed by atoms with Gasteiger partial charge in [0.1, 0.15) is 11.7 Å². The lowest BCUT2D eigenvalue weighted by Gasteiger charge is -2.53. The number of rotatable bonds is 6. The quantitative estimate of drug-likeness (QED) is 0.533. The van der Waals surface area contributed by atoms with Crippen molar-refractivity contribution < 1.29 is 19.2 Å². The van der Waals surface area contributed by atoms with Crippen molar-refractivity contribution in [2.75, 3.05) is 19.0 Å². The van der Waals surface area contributed by atoms with E-state index in [2.05, 4.69) is 15.8 Å². The number of nitrogens with one attached hydrogen (secondary N) is 2. The zero-order chi connectivity index (χ0) is 22.9. The van der Waals surface area contributed by atoms with E-state index >= 15 is 0 Å². The summed E-state index contributed by atoms with van der Waals surface area (Å²) < 4.78 is 10.3. The van der Waals surface area contributed by atoms with Gasteiger partial charge in [0.25, 0.3) is 0 Å². The Morgan fingerprint density at radius 3 is 2.84 bits per heavy atom. The van der Waals surface area contributed by atoms with Gasteiger partial charge in [0.2, 0.25) is 5.91 Å². The minimum atomic E-state index is -1.69. The molecule has 168 valence electrons. The number of thiocarbonyl (C=S) groups is 1. The van der Waals surface area contributed by atoms with Gasteiger partial charge in [-0.1, -0.05) is 40.5 Å². The third-order valence-electron chi connectivity index (χ3n) is 5.23. The van der Waals surface area contributed by atoms with Gasteiger partial charge in [-0.15, -0.1) is 0 Å². The van der Waals surface area contributed by atoms with E-state index in [1.54, 1.807) is 43.2 Å². The van der Waals surface area contributed by atoms with Gasteiger partial charge < -0.3 is 29.9 Å². The number of methoxy groups -OCH3 is 1. The molecule has 0 spiro atoms. The highest BCUT2D eigenvalue weighted by Crippen LogP contribution is 2.42. The van der Waals surface area contributed by atoms with Crippen LogP contribution >= 0.6 is 35.4 Å². The lowest BCUT2D eigenvalue weighted by atomic mass is 9.81. The van der Waals surface area contributed by atoms with Crippen LogP contribution in [0.3, 0.4) is 0 Å². The molecule has 1 amide bonds. The molecule has 0 radical (unpaired) electrons. The summed E-state index contributed by atoms with van der Waals surface area (Å²) in [4.78, 5) is 15.0. The summed E-state index contributed by atoms with van der Waals surface area (Å²) in [5.74, 6) is -0.774. The maximum Gasteiger partial charge on any atom is 0.236 e. The second-order valence-electron chi connectivity index (χ2n) is 7.63. The van der Waals surface area contributed by atoms with E-state index in [0.717, 1.165) is 0 Å². The standard InChI is InChI=1S/C20H24Cl2N4O4S/c1-10(9-29-4)26-19(31)24-17(12-6-5-7-13(21)16(12)22)15(20(26,3)28)18(27)23-14-8-11(2)30-25-14/h5-8,10,15,17,28H,9H2,1-4H3,(H,24,31)(H,23,25,27)/t10-,15-,17+,20-/m0/s1. The highest BCUT2D eigenvalue weighted by atomic mass is 35.5. The smallest absolute Gasteiger partial charge is 0.236 e. The van der Waals surface area contributed by atoms with E-state index in [0.29, 0.717) is 16.3 Å². The van der Waals surface area contributed by atoms with Gasteiger partial charge in [0, 0.05) is 13.2 Å². The molecule has 31 heavy (non-hydrogen) atoms. The molecule has 0 aliphatic carbocycles. The Hall–Kier alpha value is -1.91. The van der Waals surface area contributed by atoms with E-state index in [9.17, 15) is 9.90 Å². The van der Waals surface area contributed by atoms with Gasteiger partial charge in [0.05, 0.1) is 28.7 Å². The molecule has 1 aliphatic rings. The first-order valence-corrected chi connectivity index (χ1v) is 10.7. The van der Waals surface area contributed by atoms with Crippen LogP contribution in [-0.4, -0.2) is 51.7 Å². The van der Waals surface area contributed by atoms with Crippen LogP contribution in [0.4, 0.5) is 5.82 Å². The number of aromatic nitrogens is 1. The molecule has 0 unspecified atom stereocenters. The van der Waals surface area contributed by atoms with Crippen molar-refractivity contribution in [1.29, 1.82) is 0 Å². The third-order valence-corrected chi connectivity index (χ3v) is 6.38. The molecule has 4 atom stereocenters. The molecule has 1 fully saturated rings. The Labute approximate surface area is 195 Å². The fourth-order valence-electron chi connectivity index (χ4n) is 3.97. The number of amides is 1. The number of halogens is 2. The number of carbonyl (C=O) groups excluding carboxylic acids is 1. The van der Waals surface area contributed by atoms with Crippen LogP contribution < -0.4 is 10.6 Å². The van der Waals surface area contributed by atoms with E-state index < -0.39 is 23.6 Å². The Morgan fingerprint density at radius 2 is 2.23 bits per heavy atom. The molecule has 8 nitrogen and oxygen atoms in total. The first-order chi connectivity index (χ1) is 14.6. The Bertz CT molecular complexity index is 984. The fourth-order valence-corrected chi connectivity index (χ4v) is 4.88.